The number of hydrogen-bond acceptors (Lipinski definition) is 7. The van der Waals surface area contributed by atoms with E-state index in [0.29, 0.717) is 24.0 Å². The topological polar surface area (TPSA) is 69.2 Å². The van der Waals surface area contributed by atoms with E-state index in [1.54, 1.807) is 0 Å². The van der Waals surface area contributed by atoms with Crippen molar-refractivity contribution in [3.8, 4) is 0 Å². The predicted octanol–water partition coefficient (Wildman–Crippen LogP) is 4.02. The molecule has 0 spiro atoms. The molecule has 2 aliphatic heterocycles. The maximum atomic E-state index is 6.40. The minimum Gasteiger partial charge on any atom is -0.341 e. The van der Waals surface area contributed by atoms with Crippen LogP contribution in [0.3, 0.4) is 0 Å². The molecule has 8 heteroatoms. The quantitative estimate of drug-likeness (QED) is 0.716. The van der Waals surface area contributed by atoms with Crippen LogP contribution in [0.15, 0.2) is 0 Å². The highest BCUT2D eigenvalue weighted by atomic mass is 35.5. The van der Waals surface area contributed by atoms with E-state index in [4.69, 9.17) is 16.6 Å². The number of hydrogen-bond donors (Lipinski definition) is 2. The van der Waals surface area contributed by atoms with E-state index in [9.17, 15) is 0 Å². The standard InChI is InChI=1S/C23H42ClN7/c1-20(2)11-15(12-21(3,4)28-20)30(9)18-25-17(24)26-19(27-18)31(10)16-13-22(5,6)29-23(7,8)14-16/h15-16,28-29H,11-14H2,1-10H3. The number of rotatable bonds is 4. The number of nitrogens with one attached hydrogen (secondary N) is 2. The van der Waals surface area contributed by atoms with E-state index in [-0.39, 0.29) is 27.4 Å². The van der Waals surface area contributed by atoms with Crippen molar-refractivity contribution in [3.05, 3.63) is 5.28 Å². The molecule has 0 bridgehead atoms. The summed E-state index contributed by atoms with van der Waals surface area (Å²) in [6.45, 7) is 18.1. The number of nitrogens with zero attached hydrogens (tertiary/aromatic N) is 5. The van der Waals surface area contributed by atoms with Crippen LogP contribution in [-0.2, 0) is 0 Å². The minimum absolute atomic E-state index is 0.0450. The lowest BCUT2D eigenvalue weighted by Gasteiger charge is -2.49. The fourth-order valence-corrected chi connectivity index (χ4v) is 6.21. The van der Waals surface area contributed by atoms with Crippen LogP contribution in [0.5, 0.6) is 0 Å². The summed E-state index contributed by atoms with van der Waals surface area (Å²) < 4.78 is 0. The molecule has 2 saturated heterocycles. The molecule has 7 nitrogen and oxygen atoms in total. The van der Waals surface area contributed by atoms with Gasteiger partial charge in [-0.3, -0.25) is 0 Å². The summed E-state index contributed by atoms with van der Waals surface area (Å²) in [5.41, 5.74) is 0.180. The summed E-state index contributed by atoms with van der Waals surface area (Å²) in [5, 5.41) is 7.74. The Morgan fingerprint density at radius 2 is 0.935 bits per heavy atom. The Morgan fingerprint density at radius 1 is 0.645 bits per heavy atom. The van der Waals surface area contributed by atoms with E-state index >= 15 is 0 Å². The fraction of sp³-hybridized carbons (Fsp3) is 0.870. The van der Waals surface area contributed by atoms with Gasteiger partial charge in [0.15, 0.2) is 0 Å². The van der Waals surface area contributed by atoms with Gasteiger partial charge in [0.25, 0.3) is 0 Å². The van der Waals surface area contributed by atoms with Crippen LogP contribution in [0.4, 0.5) is 11.9 Å². The lowest BCUT2D eigenvalue weighted by Crippen LogP contribution is -2.62. The molecule has 2 N–H and O–H groups in total. The molecule has 0 aromatic carbocycles. The maximum absolute atomic E-state index is 6.40. The van der Waals surface area contributed by atoms with E-state index in [1.807, 2.05) is 0 Å². The van der Waals surface area contributed by atoms with E-state index in [1.165, 1.54) is 0 Å². The van der Waals surface area contributed by atoms with Gasteiger partial charge in [-0.05, 0) is 92.7 Å². The van der Waals surface area contributed by atoms with Gasteiger partial charge in [0, 0.05) is 48.3 Å². The van der Waals surface area contributed by atoms with Crippen molar-refractivity contribution >= 4 is 23.5 Å². The van der Waals surface area contributed by atoms with Crippen molar-refractivity contribution < 1.29 is 0 Å². The summed E-state index contributed by atoms with van der Waals surface area (Å²) in [7, 11) is 4.16. The van der Waals surface area contributed by atoms with E-state index in [2.05, 4.69) is 99.9 Å². The highest BCUT2D eigenvalue weighted by Gasteiger charge is 2.41. The molecule has 0 amide bonds. The average molecular weight is 452 g/mol. The van der Waals surface area contributed by atoms with Crippen molar-refractivity contribution in [2.24, 2.45) is 0 Å². The van der Waals surface area contributed by atoms with Crippen LogP contribution < -0.4 is 20.4 Å². The molecule has 176 valence electrons. The summed E-state index contributed by atoms with van der Waals surface area (Å²) in [6.07, 6.45) is 4.05. The first kappa shape index (κ1) is 24.5. The van der Waals surface area contributed by atoms with Crippen LogP contribution >= 0.6 is 11.6 Å². The molecule has 2 aliphatic rings. The monoisotopic (exact) mass is 451 g/mol. The maximum Gasteiger partial charge on any atom is 0.231 e. The SMILES string of the molecule is CN(c1nc(Cl)nc(N(C)C2CC(C)(C)NC(C)(C)C2)n1)C1CC(C)(C)NC(C)(C)C1. The van der Waals surface area contributed by atoms with Gasteiger partial charge >= 0.3 is 0 Å². The summed E-state index contributed by atoms with van der Waals surface area (Å²) in [6, 6.07) is 0.638. The second kappa shape index (κ2) is 7.99. The van der Waals surface area contributed by atoms with Crippen molar-refractivity contribution in [1.82, 2.24) is 25.6 Å². The average Bonchev–Trinajstić information content (AvgIpc) is 2.54. The summed E-state index contributed by atoms with van der Waals surface area (Å²) in [5.74, 6) is 1.29. The summed E-state index contributed by atoms with van der Waals surface area (Å²) in [4.78, 5) is 18.2. The fourth-order valence-electron chi connectivity index (χ4n) is 6.06. The third-order valence-electron chi connectivity index (χ3n) is 6.65. The first-order valence-corrected chi connectivity index (χ1v) is 11.8. The molecule has 0 saturated carbocycles. The van der Waals surface area contributed by atoms with Crippen LogP contribution in [-0.4, -0.2) is 63.3 Å². The van der Waals surface area contributed by atoms with Gasteiger partial charge in [0.2, 0.25) is 17.2 Å². The zero-order valence-electron chi connectivity index (χ0n) is 21.1. The highest BCUT2D eigenvalue weighted by molar-refractivity contribution is 6.28. The highest BCUT2D eigenvalue weighted by Crippen LogP contribution is 2.34. The molecule has 0 aliphatic carbocycles. The van der Waals surface area contributed by atoms with Crippen LogP contribution in [0.2, 0.25) is 5.28 Å². The predicted molar refractivity (Wildman–Crippen MR) is 130 cm³/mol. The molecule has 31 heavy (non-hydrogen) atoms. The molecular formula is C23H42ClN7. The molecule has 0 unspecified atom stereocenters. The van der Waals surface area contributed by atoms with Crippen LogP contribution in [0.1, 0.15) is 81.1 Å². The second-order valence-electron chi connectivity index (χ2n) is 12.3. The number of halogens is 1. The van der Waals surface area contributed by atoms with Gasteiger partial charge < -0.3 is 20.4 Å². The minimum atomic E-state index is 0.0450. The van der Waals surface area contributed by atoms with Gasteiger partial charge in [-0.15, -0.1) is 0 Å². The van der Waals surface area contributed by atoms with Crippen molar-refractivity contribution in [1.29, 1.82) is 0 Å². The summed E-state index contributed by atoms with van der Waals surface area (Å²) >= 11 is 6.40. The van der Waals surface area contributed by atoms with Gasteiger partial charge in [-0.2, -0.15) is 15.0 Å². The molecule has 2 fully saturated rings. The Kier molecular flexibility index (Phi) is 6.31. The van der Waals surface area contributed by atoms with Crippen molar-refractivity contribution in [2.45, 2.75) is 115 Å². The molecule has 3 rings (SSSR count). The van der Waals surface area contributed by atoms with E-state index < -0.39 is 0 Å². The Bertz CT molecular complexity index is 711. The molecule has 1 aromatic rings. The third kappa shape index (κ3) is 5.99. The van der Waals surface area contributed by atoms with Crippen molar-refractivity contribution in [2.75, 3.05) is 23.9 Å². The lowest BCUT2D eigenvalue weighted by molar-refractivity contribution is 0.160. The van der Waals surface area contributed by atoms with Crippen LogP contribution in [0.25, 0.3) is 0 Å². The van der Waals surface area contributed by atoms with Gasteiger partial charge in [-0.25, -0.2) is 0 Å². The normalized spacial score (nSPS) is 25.3. The zero-order valence-corrected chi connectivity index (χ0v) is 21.9. The molecule has 1 aromatic heterocycles. The van der Waals surface area contributed by atoms with Gasteiger partial charge in [0.05, 0.1) is 0 Å². The lowest BCUT2D eigenvalue weighted by atomic mass is 9.79. The third-order valence-corrected chi connectivity index (χ3v) is 6.82. The Balaban J connectivity index is 1.86. The first-order valence-electron chi connectivity index (χ1n) is 11.4. The molecular weight excluding hydrogens is 410 g/mol. The Morgan fingerprint density at radius 3 is 1.23 bits per heavy atom. The van der Waals surface area contributed by atoms with Crippen LogP contribution in [0, 0.1) is 0 Å². The molecule has 3 heterocycles. The number of piperidine rings is 2. The smallest absolute Gasteiger partial charge is 0.231 e. The largest absolute Gasteiger partial charge is 0.341 e. The van der Waals surface area contributed by atoms with Gasteiger partial charge in [0.1, 0.15) is 0 Å². The number of anilines is 2. The Hall–Kier alpha value is -1.18. The first-order chi connectivity index (χ1) is 14.0. The number of aromatic nitrogens is 3. The Labute approximate surface area is 193 Å². The zero-order chi connectivity index (χ0) is 23.4. The molecule has 0 atom stereocenters. The van der Waals surface area contributed by atoms with Crippen molar-refractivity contribution in [3.63, 3.8) is 0 Å². The van der Waals surface area contributed by atoms with Gasteiger partial charge in [-0.1, -0.05) is 0 Å². The second-order valence-corrected chi connectivity index (χ2v) is 12.7. The van der Waals surface area contributed by atoms with E-state index in [0.717, 1.165) is 25.7 Å². The molecule has 0 radical (unpaired) electrons.